The zero-order valence-electron chi connectivity index (χ0n) is 13.3. The highest BCUT2D eigenvalue weighted by molar-refractivity contribution is 8.16. The van der Waals surface area contributed by atoms with Crippen molar-refractivity contribution < 1.29 is 9.59 Å². The highest BCUT2D eigenvalue weighted by Crippen LogP contribution is 2.33. The number of anilines is 2. The van der Waals surface area contributed by atoms with Crippen LogP contribution in [0, 0.1) is 20.8 Å². The predicted octanol–water partition coefficient (Wildman–Crippen LogP) is 4.25. The SMILES string of the molecule is Cc1ccc(N2C(=O)S[C@@H](Nc3ccc(C)cc3C)C2=O)cc1. The molecule has 2 aromatic carbocycles. The van der Waals surface area contributed by atoms with E-state index in [9.17, 15) is 9.59 Å². The monoisotopic (exact) mass is 326 g/mol. The van der Waals surface area contributed by atoms with Crippen LogP contribution in [-0.4, -0.2) is 16.5 Å². The van der Waals surface area contributed by atoms with E-state index in [2.05, 4.69) is 5.32 Å². The summed E-state index contributed by atoms with van der Waals surface area (Å²) in [5.41, 5.74) is 4.80. The van der Waals surface area contributed by atoms with Gasteiger partial charge in [-0.05, 0) is 56.3 Å². The van der Waals surface area contributed by atoms with Gasteiger partial charge < -0.3 is 5.32 Å². The third-order valence-electron chi connectivity index (χ3n) is 3.81. The first-order valence-corrected chi connectivity index (χ1v) is 8.29. The molecule has 1 aliphatic heterocycles. The second kappa shape index (κ2) is 6.08. The smallest absolute Gasteiger partial charge is 0.295 e. The fourth-order valence-corrected chi connectivity index (χ4v) is 3.44. The molecule has 4 nitrogen and oxygen atoms in total. The van der Waals surface area contributed by atoms with Gasteiger partial charge in [0.1, 0.15) is 0 Å². The number of amides is 2. The normalized spacial score (nSPS) is 17.7. The average molecular weight is 326 g/mol. The van der Waals surface area contributed by atoms with Crippen LogP contribution >= 0.6 is 11.8 Å². The molecule has 2 aromatic rings. The molecular formula is C18H18N2O2S. The number of nitrogens with one attached hydrogen (secondary N) is 1. The molecule has 118 valence electrons. The van der Waals surface area contributed by atoms with Crippen molar-refractivity contribution in [3.8, 4) is 0 Å². The number of thioether (sulfide) groups is 1. The summed E-state index contributed by atoms with van der Waals surface area (Å²) in [5, 5.41) is 2.34. The van der Waals surface area contributed by atoms with Gasteiger partial charge in [-0.3, -0.25) is 9.59 Å². The lowest BCUT2D eigenvalue weighted by Crippen LogP contribution is -2.34. The van der Waals surface area contributed by atoms with Gasteiger partial charge in [-0.2, -0.15) is 0 Å². The van der Waals surface area contributed by atoms with Gasteiger partial charge in [0.15, 0.2) is 5.37 Å². The van der Waals surface area contributed by atoms with Crippen molar-refractivity contribution in [2.75, 3.05) is 10.2 Å². The maximum absolute atomic E-state index is 12.6. The lowest BCUT2D eigenvalue weighted by Gasteiger charge is -2.16. The molecule has 0 radical (unpaired) electrons. The molecular weight excluding hydrogens is 308 g/mol. The fourth-order valence-electron chi connectivity index (χ4n) is 2.55. The average Bonchev–Trinajstić information content (AvgIpc) is 2.78. The number of imide groups is 1. The number of aryl methyl sites for hydroxylation is 3. The molecule has 0 saturated carbocycles. The van der Waals surface area contributed by atoms with Crippen LogP contribution < -0.4 is 10.2 Å². The third-order valence-corrected chi connectivity index (χ3v) is 4.75. The standard InChI is InChI=1S/C18H18N2O2S/c1-11-4-7-14(8-5-11)20-17(21)16(23-18(20)22)19-15-9-6-12(2)10-13(15)3/h4-10,16,19H,1-3H3/t16-/m1/s1. The highest BCUT2D eigenvalue weighted by atomic mass is 32.2. The van der Waals surface area contributed by atoms with Gasteiger partial charge >= 0.3 is 0 Å². The van der Waals surface area contributed by atoms with Crippen LogP contribution in [0.2, 0.25) is 0 Å². The van der Waals surface area contributed by atoms with Crippen LogP contribution in [-0.2, 0) is 4.79 Å². The molecule has 3 rings (SSSR count). The van der Waals surface area contributed by atoms with E-state index >= 15 is 0 Å². The van der Waals surface area contributed by atoms with Crippen LogP contribution in [0.1, 0.15) is 16.7 Å². The summed E-state index contributed by atoms with van der Waals surface area (Å²) in [6.45, 7) is 5.98. The molecule has 0 aliphatic carbocycles. The Labute approximate surface area is 139 Å². The molecule has 5 heteroatoms. The molecule has 23 heavy (non-hydrogen) atoms. The van der Waals surface area contributed by atoms with E-state index in [0.717, 1.165) is 34.1 Å². The Kier molecular flexibility index (Phi) is 4.13. The summed E-state index contributed by atoms with van der Waals surface area (Å²) in [5.74, 6) is -0.233. The first-order chi connectivity index (χ1) is 11.0. The van der Waals surface area contributed by atoms with Gasteiger partial charge in [-0.25, -0.2) is 4.90 Å². The second-order valence-electron chi connectivity index (χ2n) is 5.74. The van der Waals surface area contributed by atoms with Crippen LogP contribution in [0.25, 0.3) is 0 Å². The molecule has 0 bridgehead atoms. The first-order valence-electron chi connectivity index (χ1n) is 7.41. The maximum Gasteiger partial charge on any atom is 0.295 e. The minimum atomic E-state index is -0.592. The molecule has 1 fully saturated rings. The van der Waals surface area contributed by atoms with Crippen LogP contribution in [0.15, 0.2) is 42.5 Å². The molecule has 0 spiro atoms. The lowest BCUT2D eigenvalue weighted by molar-refractivity contribution is -0.116. The Balaban J connectivity index is 1.82. The molecule has 1 saturated heterocycles. The van der Waals surface area contributed by atoms with Crippen molar-refractivity contribution in [1.82, 2.24) is 0 Å². The molecule has 0 aromatic heterocycles. The Morgan fingerprint density at radius 1 is 0.957 bits per heavy atom. The minimum absolute atomic E-state index is 0.233. The number of nitrogens with zero attached hydrogens (tertiary/aromatic N) is 1. The van der Waals surface area contributed by atoms with Crippen molar-refractivity contribution in [2.24, 2.45) is 0 Å². The number of benzene rings is 2. The van der Waals surface area contributed by atoms with Crippen molar-refractivity contribution >= 4 is 34.3 Å². The fraction of sp³-hybridized carbons (Fsp3) is 0.222. The van der Waals surface area contributed by atoms with Gasteiger partial charge in [-0.1, -0.05) is 35.4 Å². The Morgan fingerprint density at radius 3 is 2.26 bits per heavy atom. The van der Waals surface area contributed by atoms with E-state index < -0.39 is 5.37 Å². The zero-order chi connectivity index (χ0) is 16.6. The Morgan fingerprint density at radius 2 is 1.61 bits per heavy atom. The summed E-state index contributed by atoms with van der Waals surface area (Å²) >= 11 is 1.01. The van der Waals surface area contributed by atoms with Crippen molar-refractivity contribution in [3.05, 3.63) is 59.2 Å². The number of rotatable bonds is 3. The number of carbonyl (C=O) groups excluding carboxylic acids is 2. The topological polar surface area (TPSA) is 49.4 Å². The molecule has 0 unspecified atom stereocenters. The first kappa shape index (κ1) is 15.6. The van der Waals surface area contributed by atoms with E-state index in [1.165, 1.54) is 4.90 Å². The van der Waals surface area contributed by atoms with Crippen LogP contribution in [0.5, 0.6) is 0 Å². The summed E-state index contributed by atoms with van der Waals surface area (Å²) in [6, 6.07) is 13.4. The molecule has 1 atom stereocenters. The molecule has 2 amide bonds. The number of hydrogen-bond donors (Lipinski definition) is 1. The highest BCUT2D eigenvalue weighted by Gasteiger charge is 2.40. The number of hydrogen-bond acceptors (Lipinski definition) is 4. The van der Waals surface area contributed by atoms with Crippen molar-refractivity contribution in [2.45, 2.75) is 26.1 Å². The van der Waals surface area contributed by atoms with E-state index in [-0.39, 0.29) is 11.1 Å². The Bertz CT molecular complexity index is 771. The van der Waals surface area contributed by atoms with Crippen molar-refractivity contribution in [1.29, 1.82) is 0 Å². The summed E-state index contributed by atoms with van der Waals surface area (Å²) in [6.07, 6.45) is 0. The molecule has 1 N–H and O–H groups in total. The second-order valence-corrected chi connectivity index (χ2v) is 6.79. The summed E-state index contributed by atoms with van der Waals surface area (Å²) in [7, 11) is 0. The lowest BCUT2D eigenvalue weighted by atomic mass is 10.1. The van der Waals surface area contributed by atoms with E-state index in [0.29, 0.717) is 5.69 Å². The van der Waals surface area contributed by atoms with Gasteiger partial charge in [0.2, 0.25) is 0 Å². The van der Waals surface area contributed by atoms with Gasteiger partial charge in [0, 0.05) is 5.69 Å². The quantitative estimate of drug-likeness (QED) is 0.916. The summed E-state index contributed by atoms with van der Waals surface area (Å²) < 4.78 is 0. The van der Waals surface area contributed by atoms with E-state index in [4.69, 9.17) is 0 Å². The Hall–Kier alpha value is -2.27. The zero-order valence-corrected chi connectivity index (χ0v) is 14.1. The van der Waals surface area contributed by atoms with E-state index in [1.807, 2.05) is 51.1 Å². The molecule has 1 aliphatic rings. The van der Waals surface area contributed by atoms with Gasteiger partial charge in [0.25, 0.3) is 11.1 Å². The van der Waals surface area contributed by atoms with Crippen LogP contribution in [0.4, 0.5) is 16.2 Å². The molecule has 1 heterocycles. The van der Waals surface area contributed by atoms with Crippen LogP contribution in [0.3, 0.4) is 0 Å². The maximum atomic E-state index is 12.6. The van der Waals surface area contributed by atoms with E-state index in [1.54, 1.807) is 12.1 Å². The van der Waals surface area contributed by atoms with Crippen molar-refractivity contribution in [3.63, 3.8) is 0 Å². The summed E-state index contributed by atoms with van der Waals surface area (Å²) in [4.78, 5) is 26.1. The van der Waals surface area contributed by atoms with Gasteiger partial charge in [0.05, 0.1) is 5.69 Å². The largest absolute Gasteiger partial charge is 0.365 e. The number of carbonyl (C=O) groups is 2. The van der Waals surface area contributed by atoms with Gasteiger partial charge in [-0.15, -0.1) is 0 Å². The predicted molar refractivity (Wildman–Crippen MR) is 95.0 cm³/mol. The minimum Gasteiger partial charge on any atom is -0.365 e. The third kappa shape index (κ3) is 3.10.